The number of ether oxygens (including phenoxy) is 1. The van der Waals surface area contributed by atoms with Gasteiger partial charge in [-0.2, -0.15) is 5.10 Å². The molecule has 1 saturated heterocycles. The van der Waals surface area contributed by atoms with Crippen molar-refractivity contribution in [1.29, 1.82) is 0 Å². The van der Waals surface area contributed by atoms with Crippen LogP contribution in [0.4, 0.5) is 0 Å². The first-order chi connectivity index (χ1) is 11.1. The van der Waals surface area contributed by atoms with E-state index in [4.69, 9.17) is 4.74 Å². The molecule has 122 valence electrons. The number of carbonyl (C=O) groups is 1. The van der Waals surface area contributed by atoms with Gasteiger partial charge < -0.3 is 9.64 Å². The van der Waals surface area contributed by atoms with E-state index in [0.29, 0.717) is 6.54 Å². The van der Waals surface area contributed by atoms with Crippen molar-refractivity contribution in [3.63, 3.8) is 0 Å². The van der Waals surface area contributed by atoms with E-state index in [0.717, 1.165) is 41.6 Å². The van der Waals surface area contributed by atoms with Crippen molar-refractivity contribution in [2.24, 2.45) is 0 Å². The number of H-pyrrole nitrogens is 1. The van der Waals surface area contributed by atoms with Crippen LogP contribution in [0.1, 0.15) is 29.6 Å². The summed E-state index contributed by atoms with van der Waals surface area (Å²) in [7, 11) is 1.54. The van der Waals surface area contributed by atoms with Crippen LogP contribution in [-0.2, 0) is 9.53 Å². The Kier molecular flexibility index (Phi) is 4.38. The number of likely N-dealkylation sites (tertiary alicyclic amines) is 1. The van der Waals surface area contributed by atoms with E-state index in [2.05, 4.69) is 20.2 Å². The molecule has 1 aliphatic heterocycles. The topological polar surface area (TPSA) is 84.0 Å². The molecule has 7 nitrogen and oxygen atoms in total. The highest BCUT2D eigenvalue weighted by molar-refractivity contribution is 5.77. The highest BCUT2D eigenvalue weighted by Crippen LogP contribution is 2.28. The molecule has 3 rings (SSSR count). The Morgan fingerprint density at radius 3 is 2.87 bits per heavy atom. The molecular weight excluding hydrogens is 294 g/mol. The van der Waals surface area contributed by atoms with E-state index in [9.17, 15) is 4.79 Å². The van der Waals surface area contributed by atoms with Crippen LogP contribution in [0.2, 0.25) is 0 Å². The van der Waals surface area contributed by atoms with Crippen LogP contribution in [0.3, 0.4) is 0 Å². The maximum atomic E-state index is 11.9. The predicted octanol–water partition coefficient (Wildman–Crippen LogP) is 1.45. The van der Waals surface area contributed by atoms with Crippen LogP contribution in [0.5, 0.6) is 0 Å². The summed E-state index contributed by atoms with van der Waals surface area (Å²) in [5.74, 6) is 0.986. The van der Waals surface area contributed by atoms with E-state index < -0.39 is 0 Å². The van der Waals surface area contributed by atoms with Crippen molar-refractivity contribution in [3.05, 3.63) is 29.3 Å². The van der Waals surface area contributed by atoms with Gasteiger partial charge in [0.1, 0.15) is 18.1 Å². The number of hydrogen-bond donors (Lipinski definition) is 1. The summed E-state index contributed by atoms with van der Waals surface area (Å²) in [6, 6.07) is 3.95. The van der Waals surface area contributed by atoms with Gasteiger partial charge in [-0.05, 0) is 32.4 Å². The highest BCUT2D eigenvalue weighted by atomic mass is 16.5. The normalized spacial score (nSPS) is 17.7. The van der Waals surface area contributed by atoms with Crippen molar-refractivity contribution >= 4 is 5.91 Å². The zero-order chi connectivity index (χ0) is 16.4. The summed E-state index contributed by atoms with van der Waals surface area (Å²) in [6.45, 7) is 5.40. The van der Waals surface area contributed by atoms with Crippen molar-refractivity contribution in [2.75, 3.05) is 26.8 Å². The summed E-state index contributed by atoms with van der Waals surface area (Å²) in [5, 5.41) is 7.20. The van der Waals surface area contributed by atoms with Crippen molar-refractivity contribution in [2.45, 2.75) is 26.2 Å². The molecule has 1 aliphatic rings. The van der Waals surface area contributed by atoms with Gasteiger partial charge >= 0.3 is 0 Å². The minimum Gasteiger partial charge on any atom is -0.375 e. The molecule has 0 radical (unpaired) electrons. The van der Waals surface area contributed by atoms with Crippen LogP contribution in [-0.4, -0.2) is 57.8 Å². The number of hydrogen-bond acceptors (Lipinski definition) is 5. The molecule has 0 saturated carbocycles. The third kappa shape index (κ3) is 3.39. The summed E-state index contributed by atoms with van der Waals surface area (Å²) in [4.78, 5) is 22.8. The Balaban J connectivity index is 1.81. The van der Waals surface area contributed by atoms with Gasteiger partial charge in [0, 0.05) is 37.5 Å². The summed E-state index contributed by atoms with van der Waals surface area (Å²) in [5.41, 5.74) is 3.61. The van der Waals surface area contributed by atoms with Gasteiger partial charge in [0.25, 0.3) is 0 Å². The van der Waals surface area contributed by atoms with Gasteiger partial charge in [0.15, 0.2) is 0 Å². The van der Waals surface area contributed by atoms with E-state index in [1.54, 1.807) is 0 Å². The van der Waals surface area contributed by atoms with Crippen molar-refractivity contribution in [3.8, 4) is 11.4 Å². The molecule has 0 bridgehead atoms. The standard InChI is InChI=1S/C16H21N5O2/c1-10-6-15(20-19-10)14-7-13(17-11(2)18-14)12-4-5-21(8-12)16(22)9-23-3/h6-7,12H,4-5,8-9H2,1-3H3,(H,19,20). The second-order valence-electron chi connectivity index (χ2n) is 5.92. The Morgan fingerprint density at radius 2 is 2.17 bits per heavy atom. The van der Waals surface area contributed by atoms with Crippen molar-refractivity contribution < 1.29 is 9.53 Å². The molecule has 3 heterocycles. The third-order valence-corrected chi connectivity index (χ3v) is 4.05. The summed E-state index contributed by atoms with van der Waals surface area (Å²) >= 11 is 0. The Labute approximate surface area is 135 Å². The van der Waals surface area contributed by atoms with Crippen LogP contribution in [0.25, 0.3) is 11.4 Å². The smallest absolute Gasteiger partial charge is 0.248 e. The number of aromatic nitrogens is 4. The lowest BCUT2D eigenvalue weighted by Gasteiger charge is -2.16. The maximum Gasteiger partial charge on any atom is 0.248 e. The van der Waals surface area contributed by atoms with Gasteiger partial charge in [0.05, 0.1) is 5.69 Å². The molecule has 1 fully saturated rings. The van der Waals surface area contributed by atoms with Gasteiger partial charge in [-0.25, -0.2) is 9.97 Å². The molecule has 1 unspecified atom stereocenters. The molecular formula is C16H21N5O2. The minimum atomic E-state index is 0.0314. The van der Waals surface area contributed by atoms with E-state index in [-0.39, 0.29) is 18.4 Å². The second kappa shape index (κ2) is 6.45. The number of methoxy groups -OCH3 is 1. The minimum absolute atomic E-state index is 0.0314. The zero-order valence-corrected chi connectivity index (χ0v) is 13.7. The molecule has 7 heteroatoms. The molecule has 0 aromatic carbocycles. The fraction of sp³-hybridized carbons (Fsp3) is 0.500. The lowest BCUT2D eigenvalue weighted by atomic mass is 10.0. The molecule has 1 atom stereocenters. The van der Waals surface area contributed by atoms with Crippen LogP contribution < -0.4 is 0 Å². The van der Waals surface area contributed by atoms with Gasteiger partial charge in [0.2, 0.25) is 5.91 Å². The van der Waals surface area contributed by atoms with E-state index in [1.165, 1.54) is 7.11 Å². The van der Waals surface area contributed by atoms with Crippen molar-refractivity contribution in [1.82, 2.24) is 25.1 Å². The van der Waals surface area contributed by atoms with Gasteiger partial charge in [-0.1, -0.05) is 0 Å². The lowest BCUT2D eigenvalue weighted by molar-refractivity contribution is -0.134. The average Bonchev–Trinajstić information content (AvgIpc) is 3.16. The number of rotatable bonds is 4. The monoisotopic (exact) mass is 315 g/mol. The first-order valence-electron chi connectivity index (χ1n) is 7.71. The molecule has 1 N–H and O–H groups in total. The lowest BCUT2D eigenvalue weighted by Crippen LogP contribution is -2.31. The summed E-state index contributed by atoms with van der Waals surface area (Å²) in [6.07, 6.45) is 0.908. The molecule has 0 aliphatic carbocycles. The summed E-state index contributed by atoms with van der Waals surface area (Å²) < 4.78 is 4.93. The first-order valence-corrected chi connectivity index (χ1v) is 7.71. The Hall–Kier alpha value is -2.28. The largest absolute Gasteiger partial charge is 0.375 e. The zero-order valence-electron chi connectivity index (χ0n) is 13.7. The SMILES string of the molecule is COCC(=O)N1CCC(c2cc(-c3cc(C)[nH]n3)nc(C)n2)C1. The fourth-order valence-corrected chi connectivity index (χ4v) is 2.92. The number of aryl methyl sites for hydroxylation is 2. The van der Waals surface area contributed by atoms with Gasteiger partial charge in [-0.3, -0.25) is 9.89 Å². The van der Waals surface area contributed by atoms with E-state index in [1.807, 2.05) is 30.9 Å². The van der Waals surface area contributed by atoms with Crippen LogP contribution in [0.15, 0.2) is 12.1 Å². The second-order valence-corrected chi connectivity index (χ2v) is 5.92. The highest BCUT2D eigenvalue weighted by Gasteiger charge is 2.28. The van der Waals surface area contributed by atoms with Crippen LogP contribution >= 0.6 is 0 Å². The average molecular weight is 315 g/mol. The fourth-order valence-electron chi connectivity index (χ4n) is 2.92. The molecule has 2 aromatic heterocycles. The van der Waals surface area contributed by atoms with Crippen LogP contribution in [0, 0.1) is 13.8 Å². The number of nitrogens with one attached hydrogen (secondary N) is 1. The molecule has 1 amide bonds. The molecule has 2 aromatic rings. The number of amides is 1. The Bertz CT molecular complexity index is 712. The first kappa shape index (κ1) is 15.6. The number of nitrogens with zero attached hydrogens (tertiary/aromatic N) is 4. The Morgan fingerprint density at radius 1 is 1.35 bits per heavy atom. The van der Waals surface area contributed by atoms with E-state index >= 15 is 0 Å². The molecule has 23 heavy (non-hydrogen) atoms. The number of carbonyl (C=O) groups excluding carboxylic acids is 1. The maximum absolute atomic E-state index is 11.9. The van der Waals surface area contributed by atoms with Gasteiger partial charge in [-0.15, -0.1) is 0 Å². The third-order valence-electron chi connectivity index (χ3n) is 4.05. The predicted molar refractivity (Wildman–Crippen MR) is 84.9 cm³/mol. The molecule has 0 spiro atoms. The number of aromatic amines is 1. The quantitative estimate of drug-likeness (QED) is 0.923.